The minimum Gasteiger partial charge on any atom is -0.307 e. The van der Waals surface area contributed by atoms with E-state index in [1.165, 1.54) is 17.7 Å². The molecule has 2 aromatic rings. The van der Waals surface area contributed by atoms with Crippen LogP contribution in [0.25, 0.3) is 0 Å². The van der Waals surface area contributed by atoms with E-state index in [4.69, 9.17) is 11.6 Å². The fourth-order valence-electron chi connectivity index (χ4n) is 1.93. The molecule has 1 aromatic heterocycles. The first kappa shape index (κ1) is 14.0. The molecule has 1 aromatic carbocycles. The highest BCUT2D eigenvalue weighted by molar-refractivity contribution is 6.31. The number of rotatable bonds is 5. The Morgan fingerprint density at radius 3 is 2.79 bits per heavy atom. The number of aryl methyl sites for hydroxylation is 1. The fourth-order valence-corrected chi connectivity index (χ4v) is 2.17. The quantitative estimate of drug-likeness (QED) is 0.901. The van der Waals surface area contributed by atoms with Gasteiger partial charge in [-0.1, -0.05) is 30.7 Å². The van der Waals surface area contributed by atoms with Crippen molar-refractivity contribution in [2.24, 2.45) is 0 Å². The van der Waals surface area contributed by atoms with Gasteiger partial charge in [0, 0.05) is 24.3 Å². The van der Waals surface area contributed by atoms with E-state index in [1.807, 2.05) is 6.07 Å². The molecular weight excluding hydrogens is 263 g/mol. The van der Waals surface area contributed by atoms with Crippen molar-refractivity contribution in [3.8, 4) is 0 Å². The summed E-state index contributed by atoms with van der Waals surface area (Å²) in [6.45, 7) is 3.38. The molecule has 2 rings (SSSR count). The van der Waals surface area contributed by atoms with E-state index in [0.29, 0.717) is 18.1 Å². The SMILES string of the molecule is CCc1cccnc1CNCc1ccc(F)cc1Cl. The Bertz CT molecular complexity index is 558. The molecule has 100 valence electrons. The summed E-state index contributed by atoms with van der Waals surface area (Å²) in [5.74, 6) is -0.313. The van der Waals surface area contributed by atoms with Gasteiger partial charge >= 0.3 is 0 Å². The molecule has 0 aliphatic carbocycles. The molecule has 0 amide bonds. The molecular formula is C15H16ClFN2. The van der Waals surface area contributed by atoms with E-state index < -0.39 is 0 Å². The van der Waals surface area contributed by atoms with Crippen LogP contribution in [0.4, 0.5) is 4.39 Å². The lowest BCUT2D eigenvalue weighted by Crippen LogP contribution is -2.15. The van der Waals surface area contributed by atoms with Gasteiger partial charge in [-0.15, -0.1) is 0 Å². The van der Waals surface area contributed by atoms with E-state index in [0.717, 1.165) is 17.7 Å². The molecule has 1 N–H and O–H groups in total. The van der Waals surface area contributed by atoms with Crippen LogP contribution in [0.15, 0.2) is 36.5 Å². The summed E-state index contributed by atoms with van der Waals surface area (Å²) in [6, 6.07) is 8.47. The Morgan fingerprint density at radius 2 is 2.05 bits per heavy atom. The van der Waals surface area contributed by atoms with Crippen LogP contribution >= 0.6 is 11.6 Å². The van der Waals surface area contributed by atoms with Gasteiger partial charge in [0.1, 0.15) is 5.82 Å². The van der Waals surface area contributed by atoms with Crippen molar-refractivity contribution >= 4 is 11.6 Å². The van der Waals surface area contributed by atoms with Crippen LogP contribution in [0.1, 0.15) is 23.7 Å². The topological polar surface area (TPSA) is 24.9 Å². The summed E-state index contributed by atoms with van der Waals surface area (Å²) < 4.78 is 12.9. The maximum Gasteiger partial charge on any atom is 0.124 e. The summed E-state index contributed by atoms with van der Waals surface area (Å²) >= 11 is 5.97. The first-order valence-electron chi connectivity index (χ1n) is 6.28. The Balaban J connectivity index is 1.96. The Kier molecular flexibility index (Phi) is 4.88. The summed E-state index contributed by atoms with van der Waals surface area (Å²) in [5.41, 5.74) is 3.17. The van der Waals surface area contributed by atoms with Crippen molar-refractivity contribution in [2.45, 2.75) is 26.4 Å². The van der Waals surface area contributed by atoms with Gasteiger partial charge in [-0.25, -0.2) is 4.39 Å². The third-order valence-electron chi connectivity index (χ3n) is 2.99. The van der Waals surface area contributed by atoms with Crippen LogP contribution in [0.2, 0.25) is 5.02 Å². The van der Waals surface area contributed by atoms with Crippen LogP contribution in [-0.4, -0.2) is 4.98 Å². The molecule has 0 saturated carbocycles. The van der Waals surface area contributed by atoms with Gasteiger partial charge in [0.15, 0.2) is 0 Å². The normalized spacial score (nSPS) is 10.7. The molecule has 0 spiro atoms. The molecule has 0 radical (unpaired) electrons. The number of pyridine rings is 1. The molecule has 0 aliphatic rings. The van der Waals surface area contributed by atoms with Crippen molar-refractivity contribution in [3.63, 3.8) is 0 Å². The highest BCUT2D eigenvalue weighted by Gasteiger charge is 2.04. The molecule has 0 fully saturated rings. The maximum atomic E-state index is 12.9. The van der Waals surface area contributed by atoms with E-state index >= 15 is 0 Å². The van der Waals surface area contributed by atoms with Crippen molar-refractivity contribution < 1.29 is 4.39 Å². The third-order valence-corrected chi connectivity index (χ3v) is 3.34. The molecule has 0 bridgehead atoms. The van der Waals surface area contributed by atoms with Gasteiger partial charge in [-0.3, -0.25) is 4.98 Å². The molecule has 0 aliphatic heterocycles. The van der Waals surface area contributed by atoms with Gasteiger partial charge in [0.25, 0.3) is 0 Å². The van der Waals surface area contributed by atoms with Crippen molar-refractivity contribution in [3.05, 3.63) is 64.2 Å². The molecule has 19 heavy (non-hydrogen) atoms. The van der Waals surface area contributed by atoms with Crippen molar-refractivity contribution in [1.29, 1.82) is 0 Å². The van der Waals surface area contributed by atoms with Gasteiger partial charge in [0.2, 0.25) is 0 Å². The highest BCUT2D eigenvalue weighted by Crippen LogP contribution is 2.17. The van der Waals surface area contributed by atoms with Gasteiger partial charge in [0.05, 0.1) is 5.69 Å². The second-order valence-corrected chi connectivity index (χ2v) is 4.71. The zero-order valence-corrected chi connectivity index (χ0v) is 11.5. The van der Waals surface area contributed by atoms with E-state index in [-0.39, 0.29) is 5.82 Å². The Morgan fingerprint density at radius 1 is 1.21 bits per heavy atom. The number of aromatic nitrogens is 1. The minimum absolute atomic E-state index is 0.313. The zero-order valence-electron chi connectivity index (χ0n) is 10.8. The average molecular weight is 279 g/mol. The van der Waals surface area contributed by atoms with Crippen LogP contribution in [0.5, 0.6) is 0 Å². The largest absolute Gasteiger partial charge is 0.307 e. The molecule has 4 heteroatoms. The average Bonchev–Trinajstić information content (AvgIpc) is 2.42. The van der Waals surface area contributed by atoms with Gasteiger partial charge in [-0.05, 0) is 35.7 Å². The Hall–Kier alpha value is -1.45. The van der Waals surface area contributed by atoms with E-state index in [9.17, 15) is 4.39 Å². The van der Waals surface area contributed by atoms with E-state index in [1.54, 1.807) is 12.3 Å². The lowest BCUT2D eigenvalue weighted by Gasteiger charge is -2.09. The zero-order chi connectivity index (χ0) is 13.7. The van der Waals surface area contributed by atoms with Gasteiger partial charge < -0.3 is 5.32 Å². The standard InChI is InChI=1S/C15H16ClFN2/c1-2-11-4-3-7-19-15(11)10-18-9-12-5-6-13(17)8-14(12)16/h3-8,18H,2,9-10H2,1H3. The lowest BCUT2D eigenvalue weighted by atomic mass is 10.1. The predicted molar refractivity (Wildman–Crippen MR) is 75.6 cm³/mol. The van der Waals surface area contributed by atoms with Crippen molar-refractivity contribution in [1.82, 2.24) is 10.3 Å². The highest BCUT2D eigenvalue weighted by atomic mass is 35.5. The first-order valence-corrected chi connectivity index (χ1v) is 6.66. The van der Waals surface area contributed by atoms with Crippen LogP contribution in [0, 0.1) is 5.82 Å². The molecule has 2 nitrogen and oxygen atoms in total. The fraction of sp³-hybridized carbons (Fsp3) is 0.267. The molecule has 0 atom stereocenters. The number of nitrogens with zero attached hydrogens (tertiary/aromatic N) is 1. The molecule has 0 saturated heterocycles. The smallest absolute Gasteiger partial charge is 0.124 e. The monoisotopic (exact) mass is 278 g/mol. The van der Waals surface area contributed by atoms with Crippen LogP contribution in [0.3, 0.4) is 0 Å². The lowest BCUT2D eigenvalue weighted by molar-refractivity contribution is 0.624. The third kappa shape index (κ3) is 3.75. The first-order chi connectivity index (χ1) is 9.20. The van der Waals surface area contributed by atoms with Crippen molar-refractivity contribution in [2.75, 3.05) is 0 Å². The number of benzene rings is 1. The predicted octanol–water partition coefficient (Wildman–Crippen LogP) is 3.73. The summed E-state index contributed by atoms with van der Waals surface area (Å²) in [5, 5.41) is 3.73. The number of halogens is 2. The van der Waals surface area contributed by atoms with Crippen LogP contribution in [-0.2, 0) is 19.5 Å². The number of hydrogen-bond donors (Lipinski definition) is 1. The number of hydrogen-bond acceptors (Lipinski definition) is 2. The minimum atomic E-state index is -0.313. The second kappa shape index (κ2) is 6.64. The van der Waals surface area contributed by atoms with Gasteiger partial charge in [-0.2, -0.15) is 0 Å². The summed E-state index contributed by atoms with van der Waals surface area (Å²) in [4.78, 5) is 4.36. The van der Waals surface area contributed by atoms with Crippen LogP contribution < -0.4 is 5.32 Å². The molecule has 0 unspecified atom stereocenters. The molecule has 1 heterocycles. The Labute approximate surface area is 117 Å². The summed E-state index contributed by atoms with van der Waals surface area (Å²) in [7, 11) is 0. The summed E-state index contributed by atoms with van der Waals surface area (Å²) in [6.07, 6.45) is 2.75. The van der Waals surface area contributed by atoms with E-state index in [2.05, 4.69) is 23.3 Å². The number of nitrogens with one attached hydrogen (secondary N) is 1. The second-order valence-electron chi connectivity index (χ2n) is 4.30. The maximum absolute atomic E-state index is 12.9.